The second kappa shape index (κ2) is 4.51. The number of aromatic nitrogens is 1. The maximum absolute atomic E-state index is 12.0. The summed E-state index contributed by atoms with van der Waals surface area (Å²) >= 11 is 0. The van der Waals surface area contributed by atoms with Crippen molar-refractivity contribution in [1.29, 1.82) is 0 Å². The summed E-state index contributed by atoms with van der Waals surface area (Å²) in [7, 11) is 0. The van der Waals surface area contributed by atoms with E-state index in [2.05, 4.69) is 4.98 Å². The van der Waals surface area contributed by atoms with Gasteiger partial charge in [-0.1, -0.05) is 19.9 Å². The van der Waals surface area contributed by atoms with Gasteiger partial charge in [-0.3, -0.25) is 4.98 Å². The first-order chi connectivity index (χ1) is 6.90. The molecule has 5 heteroatoms. The van der Waals surface area contributed by atoms with Crippen LogP contribution in [0.5, 0.6) is 0 Å². The van der Waals surface area contributed by atoms with Crippen LogP contribution in [-0.2, 0) is 0 Å². The Hall–Kier alpha value is -1.26. The van der Waals surface area contributed by atoms with Gasteiger partial charge in [0.2, 0.25) is 0 Å². The molecule has 1 heterocycles. The summed E-state index contributed by atoms with van der Waals surface area (Å²) in [6.07, 6.45) is 4.21. The van der Waals surface area contributed by atoms with E-state index in [1.54, 1.807) is 12.3 Å². The molecule has 0 aliphatic heterocycles. The van der Waals surface area contributed by atoms with E-state index < -0.39 is 6.98 Å². The second-order valence-corrected chi connectivity index (χ2v) is 3.64. The zero-order chi connectivity index (χ0) is 11.5. The number of rotatable bonds is 3. The fourth-order valence-corrected chi connectivity index (χ4v) is 1.26. The lowest BCUT2D eigenvalue weighted by Gasteiger charge is -2.10. The molecule has 0 fully saturated rings. The number of hydrogen-bond acceptors (Lipinski definition) is 1. The van der Waals surface area contributed by atoms with E-state index in [9.17, 15) is 12.9 Å². The normalized spacial score (nSPS) is 12.7. The van der Waals surface area contributed by atoms with Crippen LogP contribution < -0.4 is 0 Å². The average molecular weight is 214 g/mol. The minimum atomic E-state index is -4.87. The van der Waals surface area contributed by atoms with Crippen molar-refractivity contribution in [2.24, 2.45) is 0 Å². The van der Waals surface area contributed by atoms with E-state index in [4.69, 9.17) is 0 Å². The smallest absolute Gasteiger partial charge is 0.445 e. The first-order valence-electron chi connectivity index (χ1n) is 4.73. The Labute approximate surface area is 87.1 Å². The van der Waals surface area contributed by atoms with Gasteiger partial charge in [0, 0.05) is 12.4 Å². The van der Waals surface area contributed by atoms with E-state index in [1.807, 2.05) is 13.8 Å². The van der Waals surface area contributed by atoms with E-state index >= 15 is 0 Å². The van der Waals surface area contributed by atoms with Crippen molar-refractivity contribution in [2.75, 3.05) is 0 Å². The molecule has 0 unspecified atom stereocenters. The largest absolute Gasteiger partial charge is 0.502 e. The Morgan fingerprint density at radius 2 is 2.00 bits per heavy atom. The minimum absolute atomic E-state index is 0.166. The highest BCUT2D eigenvalue weighted by molar-refractivity contribution is 6.64. The van der Waals surface area contributed by atoms with Crippen LogP contribution in [0.1, 0.15) is 30.9 Å². The van der Waals surface area contributed by atoms with Crippen molar-refractivity contribution < 1.29 is 12.9 Å². The summed E-state index contributed by atoms with van der Waals surface area (Å²) in [4.78, 5) is 3.90. The third-order valence-electron chi connectivity index (χ3n) is 2.00. The molecule has 0 aliphatic carbocycles. The molecule has 1 rings (SSSR count). The topological polar surface area (TPSA) is 12.9 Å². The predicted molar refractivity (Wildman–Crippen MR) is 56.4 cm³/mol. The van der Waals surface area contributed by atoms with Crippen molar-refractivity contribution in [3.8, 4) is 0 Å². The highest BCUT2D eigenvalue weighted by atomic mass is 19.4. The number of halogens is 3. The maximum atomic E-state index is 12.0. The first-order valence-corrected chi connectivity index (χ1v) is 4.73. The van der Waals surface area contributed by atoms with E-state index in [0.29, 0.717) is 11.5 Å². The lowest BCUT2D eigenvalue weighted by Crippen LogP contribution is -2.09. The highest BCUT2D eigenvalue weighted by Crippen LogP contribution is 2.20. The fourth-order valence-electron chi connectivity index (χ4n) is 1.26. The zero-order valence-corrected chi connectivity index (χ0v) is 8.62. The van der Waals surface area contributed by atoms with E-state index in [0.717, 1.165) is 11.6 Å². The van der Waals surface area contributed by atoms with Crippen molar-refractivity contribution in [1.82, 2.24) is 4.98 Å². The first kappa shape index (κ1) is 11.8. The molecule has 0 spiro atoms. The standard InChI is InChI=1S/C10H12BF3N/c1-8(2)10-7-15-6-4-9(10)3-5-11(12,13)14/h3-8H,1-2H3/q-1/b5-3+. The van der Waals surface area contributed by atoms with E-state index in [-0.39, 0.29) is 5.92 Å². The van der Waals surface area contributed by atoms with Crippen LogP contribution in [0.3, 0.4) is 0 Å². The molecule has 0 amide bonds. The van der Waals surface area contributed by atoms with Gasteiger partial charge in [-0.15, -0.1) is 5.98 Å². The van der Waals surface area contributed by atoms with Gasteiger partial charge >= 0.3 is 6.98 Å². The quantitative estimate of drug-likeness (QED) is 0.700. The van der Waals surface area contributed by atoms with Gasteiger partial charge in [0.1, 0.15) is 0 Å². The van der Waals surface area contributed by atoms with Crippen LogP contribution in [0.4, 0.5) is 12.9 Å². The van der Waals surface area contributed by atoms with E-state index in [1.165, 1.54) is 6.20 Å². The SMILES string of the molecule is CC(C)c1cnccc1/C=C/[B-](F)(F)F. The Bertz CT molecular complexity index is 358. The highest BCUT2D eigenvalue weighted by Gasteiger charge is 2.17. The molecule has 1 aromatic heterocycles. The molecule has 0 bridgehead atoms. The maximum Gasteiger partial charge on any atom is 0.502 e. The summed E-state index contributed by atoms with van der Waals surface area (Å²) in [5.41, 5.74) is 1.41. The lowest BCUT2D eigenvalue weighted by molar-refractivity contribution is 0.499. The molecule has 0 aromatic carbocycles. The van der Waals surface area contributed by atoms with Crippen LogP contribution in [0, 0.1) is 0 Å². The van der Waals surface area contributed by atoms with Gasteiger partial charge in [-0.2, -0.15) is 0 Å². The third-order valence-corrected chi connectivity index (χ3v) is 2.00. The van der Waals surface area contributed by atoms with Crippen molar-refractivity contribution >= 4 is 13.1 Å². The van der Waals surface area contributed by atoms with Crippen LogP contribution >= 0.6 is 0 Å². The van der Waals surface area contributed by atoms with Gasteiger partial charge in [-0.25, -0.2) is 0 Å². The number of pyridine rings is 1. The molecule has 0 saturated carbocycles. The molecular formula is C10H12BF3N-. The Balaban J connectivity index is 2.99. The zero-order valence-electron chi connectivity index (χ0n) is 8.62. The predicted octanol–water partition coefficient (Wildman–Crippen LogP) is 3.60. The van der Waals surface area contributed by atoms with Gasteiger partial charge in [0.25, 0.3) is 0 Å². The molecule has 1 aromatic rings. The summed E-state index contributed by atoms with van der Waals surface area (Å²) in [6, 6.07) is 1.59. The van der Waals surface area contributed by atoms with Crippen LogP contribution in [0.15, 0.2) is 24.4 Å². The molecule has 0 aliphatic rings. The van der Waals surface area contributed by atoms with Crippen molar-refractivity contribution in [3.05, 3.63) is 35.6 Å². The Morgan fingerprint density at radius 3 is 2.53 bits per heavy atom. The summed E-state index contributed by atoms with van der Waals surface area (Å²) in [5.74, 6) is 0.473. The fraction of sp³-hybridized carbons (Fsp3) is 0.300. The molecular weight excluding hydrogens is 202 g/mol. The second-order valence-electron chi connectivity index (χ2n) is 3.64. The molecule has 82 valence electrons. The summed E-state index contributed by atoms with van der Waals surface area (Å²) in [6.45, 7) is -1.02. The van der Waals surface area contributed by atoms with Gasteiger partial charge < -0.3 is 12.9 Å². The molecule has 0 N–H and O–H groups in total. The third kappa shape index (κ3) is 3.77. The van der Waals surface area contributed by atoms with Gasteiger partial charge in [-0.05, 0) is 23.1 Å². The van der Waals surface area contributed by atoms with Crippen LogP contribution in [0.2, 0.25) is 0 Å². The Morgan fingerprint density at radius 1 is 1.33 bits per heavy atom. The molecule has 15 heavy (non-hydrogen) atoms. The van der Waals surface area contributed by atoms with Crippen LogP contribution in [-0.4, -0.2) is 12.0 Å². The number of hydrogen-bond donors (Lipinski definition) is 0. The number of nitrogens with zero attached hydrogens (tertiary/aromatic N) is 1. The molecule has 0 saturated heterocycles. The molecule has 0 radical (unpaired) electrons. The van der Waals surface area contributed by atoms with Gasteiger partial charge in [0.05, 0.1) is 0 Å². The van der Waals surface area contributed by atoms with Gasteiger partial charge in [0.15, 0.2) is 0 Å². The monoisotopic (exact) mass is 214 g/mol. The van der Waals surface area contributed by atoms with Crippen molar-refractivity contribution in [3.63, 3.8) is 0 Å². The summed E-state index contributed by atoms with van der Waals surface area (Å²) < 4.78 is 36.1. The van der Waals surface area contributed by atoms with Crippen molar-refractivity contribution in [2.45, 2.75) is 19.8 Å². The molecule has 0 atom stereocenters. The average Bonchev–Trinajstić information content (AvgIpc) is 2.14. The minimum Gasteiger partial charge on any atom is -0.445 e. The lowest BCUT2D eigenvalue weighted by atomic mass is 9.89. The van der Waals surface area contributed by atoms with Crippen LogP contribution in [0.25, 0.3) is 6.08 Å². The molecule has 1 nitrogen and oxygen atoms in total. The summed E-state index contributed by atoms with van der Waals surface area (Å²) in [5, 5.41) is 0. The Kier molecular flexibility index (Phi) is 3.55.